The Morgan fingerprint density at radius 2 is 2.11 bits per heavy atom. The number of hydrogen-bond acceptors (Lipinski definition) is 4. The normalized spacial score (nSPS) is 10.8. The molecule has 3 aromatic rings. The predicted octanol–water partition coefficient (Wildman–Crippen LogP) is 1.79. The Bertz CT molecular complexity index is 734. The lowest BCUT2D eigenvalue weighted by molar-refractivity contribution is 0.0985. The molecule has 0 atom stereocenters. The fraction of sp³-hybridized carbons (Fsp3) is 0.143. The van der Waals surface area contributed by atoms with Crippen molar-refractivity contribution in [1.29, 1.82) is 0 Å². The molecule has 0 saturated carbocycles. The Balaban J connectivity index is 1.94. The van der Waals surface area contributed by atoms with Crippen LogP contribution in [0.1, 0.15) is 16.3 Å². The van der Waals surface area contributed by atoms with Crippen molar-refractivity contribution in [3.8, 4) is 0 Å². The van der Waals surface area contributed by atoms with E-state index in [0.717, 1.165) is 16.9 Å². The van der Waals surface area contributed by atoms with E-state index in [9.17, 15) is 4.79 Å². The van der Waals surface area contributed by atoms with Gasteiger partial charge < -0.3 is 4.57 Å². The van der Waals surface area contributed by atoms with E-state index in [0.29, 0.717) is 5.69 Å². The van der Waals surface area contributed by atoms with Crippen molar-refractivity contribution >= 4 is 16.8 Å². The summed E-state index contributed by atoms with van der Waals surface area (Å²) in [6, 6.07) is 9.44. The van der Waals surface area contributed by atoms with Crippen LogP contribution in [0, 0.1) is 0 Å². The topological polar surface area (TPSA) is 60.7 Å². The average molecular weight is 252 g/mol. The number of carbonyl (C=O) groups excluding carboxylic acids is 1. The number of benzene rings is 1. The Morgan fingerprint density at radius 1 is 1.26 bits per heavy atom. The van der Waals surface area contributed by atoms with Crippen LogP contribution in [-0.4, -0.2) is 25.3 Å². The van der Waals surface area contributed by atoms with E-state index in [1.807, 2.05) is 35.9 Å². The lowest BCUT2D eigenvalue weighted by atomic mass is 10.2. The van der Waals surface area contributed by atoms with E-state index >= 15 is 0 Å². The van der Waals surface area contributed by atoms with Crippen molar-refractivity contribution in [2.45, 2.75) is 6.42 Å². The first-order valence-corrected chi connectivity index (χ1v) is 5.95. The van der Waals surface area contributed by atoms with Gasteiger partial charge in [0.2, 0.25) is 0 Å². The smallest absolute Gasteiger partial charge is 0.188 e. The quantitative estimate of drug-likeness (QED) is 0.667. The molecule has 0 amide bonds. The Hall–Kier alpha value is -2.56. The van der Waals surface area contributed by atoms with Crippen molar-refractivity contribution in [3.05, 3.63) is 54.4 Å². The highest BCUT2D eigenvalue weighted by molar-refractivity contribution is 5.95. The molecule has 0 bridgehead atoms. The highest BCUT2D eigenvalue weighted by Crippen LogP contribution is 2.15. The molecule has 2 heterocycles. The molecule has 1 aromatic carbocycles. The number of nitrogens with zero attached hydrogens (tertiary/aromatic N) is 4. The number of hydrogen-bond donors (Lipinski definition) is 0. The molecule has 0 fully saturated rings. The molecule has 0 aliphatic carbocycles. The van der Waals surface area contributed by atoms with Crippen molar-refractivity contribution in [3.63, 3.8) is 0 Å². The highest BCUT2D eigenvalue weighted by Gasteiger charge is 2.13. The zero-order chi connectivity index (χ0) is 13.2. The summed E-state index contributed by atoms with van der Waals surface area (Å²) >= 11 is 0. The maximum Gasteiger partial charge on any atom is 0.188 e. The first-order valence-electron chi connectivity index (χ1n) is 5.95. The third kappa shape index (κ3) is 2.10. The second kappa shape index (κ2) is 4.61. The summed E-state index contributed by atoms with van der Waals surface area (Å²) in [4.78, 5) is 24.3. The number of rotatable bonds is 3. The summed E-state index contributed by atoms with van der Waals surface area (Å²) < 4.78 is 1.94. The molecular weight excluding hydrogens is 240 g/mol. The van der Waals surface area contributed by atoms with Gasteiger partial charge >= 0.3 is 0 Å². The van der Waals surface area contributed by atoms with Crippen LogP contribution in [0.5, 0.6) is 0 Å². The molecule has 0 unspecified atom stereocenters. The number of Topliss-reactive ketones (excluding diaryl/α,β-unsaturated/α-hetero) is 1. The number of carbonyl (C=O) groups is 1. The fourth-order valence-corrected chi connectivity index (χ4v) is 2.04. The minimum atomic E-state index is -0.0548. The molecule has 19 heavy (non-hydrogen) atoms. The number of ketones is 1. The van der Waals surface area contributed by atoms with Gasteiger partial charge in [0.1, 0.15) is 17.8 Å². The number of para-hydroxylation sites is 2. The Kier molecular flexibility index (Phi) is 2.79. The van der Waals surface area contributed by atoms with Crippen LogP contribution < -0.4 is 0 Å². The molecule has 94 valence electrons. The Morgan fingerprint density at radius 3 is 2.84 bits per heavy atom. The molecule has 0 N–H and O–H groups in total. The molecule has 5 heteroatoms. The molecular formula is C14H12N4O. The van der Waals surface area contributed by atoms with Crippen LogP contribution in [0.2, 0.25) is 0 Å². The van der Waals surface area contributed by atoms with E-state index in [1.54, 1.807) is 12.3 Å². The summed E-state index contributed by atoms with van der Waals surface area (Å²) in [6.07, 6.45) is 3.18. The third-order valence-electron chi connectivity index (χ3n) is 3.07. The molecule has 3 rings (SSSR count). The number of aromatic nitrogens is 4. The summed E-state index contributed by atoms with van der Waals surface area (Å²) in [5, 5.41) is 0. The number of imidazole rings is 1. The second-order valence-corrected chi connectivity index (χ2v) is 4.27. The molecule has 0 radical (unpaired) electrons. The maximum absolute atomic E-state index is 12.1. The van der Waals surface area contributed by atoms with Gasteiger partial charge in [0.25, 0.3) is 0 Å². The van der Waals surface area contributed by atoms with Gasteiger partial charge in [-0.15, -0.1) is 0 Å². The van der Waals surface area contributed by atoms with Gasteiger partial charge in [0.15, 0.2) is 5.78 Å². The molecule has 0 spiro atoms. The molecule has 0 saturated heterocycles. The molecule has 0 aliphatic heterocycles. The molecule has 0 aliphatic rings. The zero-order valence-electron chi connectivity index (χ0n) is 10.4. The van der Waals surface area contributed by atoms with Gasteiger partial charge in [0, 0.05) is 13.2 Å². The zero-order valence-corrected chi connectivity index (χ0v) is 10.4. The van der Waals surface area contributed by atoms with Crippen LogP contribution in [0.15, 0.2) is 42.9 Å². The van der Waals surface area contributed by atoms with E-state index < -0.39 is 0 Å². The van der Waals surface area contributed by atoms with Crippen molar-refractivity contribution in [2.24, 2.45) is 7.05 Å². The van der Waals surface area contributed by atoms with E-state index in [-0.39, 0.29) is 12.2 Å². The summed E-state index contributed by atoms with van der Waals surface area (Å²) in [5.74, 6) is 0.686. The van der Waals surface area contributed by atoms with Gasteiger partial charge in [-0.2, -0.15) is 0 Å². The summed E-state index contributed by atoms with van der Waals surface area (Å²) in [7, 11) is 1.91. The minimum absolute atomic E-state index is 0.0548. The van der Waals surface area contributed by atoms with Gasteiger partial charge in [-0.3, -0.25) is 4.79 Å². The number of aryl methyl sites for hydroxylation is 1. The van der Waals surface area contributed by atoms with Gasteiger partial charge in [-0.25, -0.2) is 15.0 Å². The first-order chi connectivity index (χ1) is 9.25. The van der Waals surface area contributed by atoms with Crippen LogP contribution in [0.4, 0.5) is 0 Å². The Labute approximate surface area is 110 Å². The SMILES string of the molecule is Cn1c(CC(=O)c2ccncn2)nc2ccccc21. The summed E-state index contributed by atoms with van der Waals surface area (Å²) in [5.41, 5.74) is 2.34. The van der Waals surface area contributed by atoms with Crippen molar-refractivity contribution < 1.29 is 4.79 Å². The van der Waals surface area contributed by atoms with Gasteiger partial charge in [0.05, 0.1) is 17.5 Å². The van der Waals surface area contributed by atoms with Crippen LogP contribution in [0.3, 0.4) is 0 Å². The summed E-state index contributed by atoms with van der Waals surface area (Å²) in [6.45, 7) is 0. The average Bonchev–Trinajstić information content (AvgIpc) is 2.77. The minimum Gasteiger partial charge on any atom is -0.331 e. The third-order valence-corrected chi connectivity index (χ3v) is 3.07. The van der Waals surface area contributed by atoms with E-state index in [4.69, 9.17) is 0 Å². The predicted molar refractivity (Wildman–Crippen MR) is 70.8 cm³/mol. The second-order valence-electron chi connectivity index (χ2n) is 4.27. The van der Waals surface area contributed by atoms with E-state index in [1.165, 1.54) is 6.33 Å². The van der Waals surface area contributed by atoms with Crippen LogP contribution in [0.25, 0.3) is 11.0 Å². The van der Waals surface area contributed by atoms with Gasteiger partial charge in [-0.1, -0.05) is 12.1 Å². The fourth-order valence-electron chi connectivity index (χ4n) is 2.04. The van der Waals surface area contributed by atoms with Crippen LogP contribution in [-0.2, 0) is 13.5 Å². The lowest BCUT2D eigenvalue weighted by Gasteiger charge is -2.01. The largest absolute Gasteiger partial charge is 0.331 e. The van der Waals surface area contributed by atoms with Crippen molar-refractivity contribution in [2.75, 3.05) is 0 Å². The first kappa shape index (κ1) is 11.5. The highest BCUT2D eigenvalue weighted by atomic mass is 16.1. The standard InChI is InChI=1S/C14H12N4O/c1-18-12-5-3-2-4-10(12)17-14(18)8-13(19)11-6-7-15-9-16-11/h2-7,9H,8H2,1H3. The monoisotopic (exact) mass is 252 g/mol. The van der Waals surface area contributed by atoms with Crippen molar-refractivity contribution in [1.82, 2.24) is 19.5 Å². The maximum atomic E-state index is 12.1. The molecule has 5 nitrogen and oxygen atoms in total. The molecule has 2 aromatic heterocycles. The van der Waals surface area contributed by atoms with E-state index in [2.05, 4.69) is 15.0 Å². The van der Waals surface area contributed by atoms with Crippen LogP contribution >= 0.6 is 0 Å². The van der Waals surface area contributed by atoms with Gasteiger partial charge in [-0.05, 0) is 18.2 Å². The lowest BCUT2D eigenvalue weighted by Crippen LogP contribution is -2.10. The number of fused-ring (bicyclic) bond motifs is 1.